The Morgan fingerprint density at radius 3 is 2.57 bits per heavy atom. The molecule has 2 heterocycles. The summed E-state index contributed by atoms with van der Waals surface area (Å²) in [4.78, 5) is 2.70. The second kappa shape index (κ2) is 12.0. The Bertz CT molecular complexity index is 2280. The number of hydrogen-bond donors (Lipinski definition) is 0. The van der Waals surface area contributed by atoms with Gasteiger partial charge in [-0.1, -0.05) is 84.9 Å². The largest absolute Gasteiger partial charge is 0.456 e. The maximum atomic E-state index is 6.48. The van der Waals surface area contributed by atoms with Crippen LogP contribution < -0.4 is 4.90 Å². The normalized spacial score (nSPS) is 24.7. The number of nitrogens with zero attached hydrogens (tertiary/aromatic N) is 2. The first-order valence-corrected chi connectivity index (χ1v) is 18.7. The van der Waals surface area contributed by atoms with Gasteiger partial charge in [0.1, 0.15) is 11.3 Å². The molecular weight excluding hydrogens is 597 g/mol. The Balaban J connectivity index is 1.18. The van der Waals surface area contributed by atoms with Crippen molar-refractivity contribution in [1.29, 1.82) is 0 Å². The van der Waals surface area contributed by atoms with E-state index in [9.17, 15) is 0 Å². The van der Waals surface area contributed by atoms with Crippen LogP contribution in [0.25, 0.3) is 38.9 Å². The van der Waals surface area contributed by atoms with Gasteiger partial charge in [0.15, 0.2) is 0 Å². The molecule has 1 saturated carbocycles. The molecule has 244 valence electrons. The lowest BCUT2D eigenvalue weighted by Gasteiger charge is -2.40. The van der Waals surface area contributed by atoms with Crippen LogP contribution in [-0.2, 0) is 0 Å². The van der Waals surface area contributed by atoms with E-state index in [0.29, 0.717) is 17.9 Å². The fourth-order valence-electron chi connectivity index (χ4n) is 9.66. The molecule has 2 aromatic heterocycles. The van der Waals surface area contributed by atoms with Crippen LogP contribution in [0.3, 0.4) is 0 Å². The van der Waals surface area contributed by atoms with Crippen molar-refractivity contribution in [2.24, 2.45) is 5.92 Å². The van der Waals surface area contributed by atoms with E-state index >= 15 is 0 Å². The van der Waals surface area contributed by atoms with Crippen LogP contribution in [-0.4, -0.2) is 4.57 Å². The minimum Gasteiger partial charge on any atom is -0.456 e. The summed E-state index contributed by atoms with van der Waals surface area (Å²) in [5.41, 5.74) is 10.8. The zero-order valence-corrected chi connectivity index (χ0v) is 28.2. The standard InChI is InChI=1S/C46H44N2O/c1-3-12-31(13-4-1)34-23-26-41-39(29-34)40-30-37(25-27-42(40)48(41)35-16-5-2-6-17-35)47(36-24-22-32-14-7-8-15-33(32)28-36)43-19-11-21-45-46(43)38-18-9-10-20-44(38)49-45/h2-3,5-6,9-12,16,18,20-27,29-31,33,35,43H,1,4,7-8,13-15,17,19,28H2. The fourth-order valence-corrected chi connectivity index (χ4v) is 9.66. The van der Waals surface area contributed by atoms with E-state index in [-0.39, 0.29) is 6.04 Å². The molecule has 0 aliphatic heterocycles. The van der Waals surface area contributed by atoms with Crippen molar-refractivity contribution in [3.63, 3.8) is 0 Å². The third-order valence-electron chi connectivity index (χ3n) is 12.0. The minimum absolute atomic E-state index is 0.161. The zero-order chi connectivity index (χ0) is 32.3. The van der Waals surface area contributed by atoms with E-state index < -0.39 is 0 Å². The van der Waals surface area contributed by atoms with Crippen LogP contribution in [0.5, 0.6) is 0 Å². The predicted molar refractivity (Wildman–Crippen MR) is 205 cm³/mol. The van der Waals surface area contributed by atoms with Crippen LogP contribution in [0.15, 0.2) is 131 Å². The SMILES string of the molecule is C1=CCC(n2c3ccc(C4C=CCCC4)cc3c3cc(N(C4=CC=C5CCCCC5C4)C4CC=Cc5oc6ccccc6c54)ccc32)C=C1. The van der Waals surface area contributed by atoms with Gasteiger partial charge >= 0.3 is 0 Å². The Morgan fingerprint density at radius 2 is 1.67 bits per heavy atom. The Kier molecular flexibility index (Phi) is 7.14. The molecule has 10 rings (SSSR count). The fraction of sp³-hybridized carbons (Fsp3) is 0.304. The molecule has 5 aliphatic rings. The Hall–Kier alpha value is -4.76. The molecule has 4 atom stereocenters. The Morgan fingerprint density at radius 1 is 0.755 bits per heavy atom. The molecule has 3 nitrogen and oxygen atoms in total. The highest BCUT2D eigenvalue weighted by Crippen LogP contribution is 2.48. The summed E-state index contributed by atoms with van der Waals surface area (Å²) in [5, 5.41) is 3.97. The number of fused-ring (bicyclic) bond motifs is 7. The van der Waals surface area contributed by atoms with Gasteiger partial charge in [0.05, 0.1) is 12.1 Å². The average molecular weight is 641 g/mol. The monoisotopic (exact) mass is 640 g/mol. The molecule has 0 N–H and O–H groups in total. The lowest BCUT2D eigenvalue weighted by molar-refractivity contribution is 0.437. The number of anilines is 1. The van der Waals surface area contributed by atoms with Crippen molar-refractivity contribution in [1.82, 2.24) is 4.57 Å². The molecular formula is C46H44N2O. The molecule has 49 heavy (non-hydrogen) atoms. The van der Waals surface area contributed by atoms with E-state index in [4.69, 9.17) is 4.42 Å². The smallest absolute Gasteiger partial charge is 0.135 e. The molecule has 3 aromatic carbocycles. The van der Waals surface area contributed by atoms with E-state index in [2.05, 4.69) is 131 Å². The summed E-state index contributed by atoms with van der Waals surface area (Å²) in [6, 6.07) is 23.8. The van der Waals surface area contributed by atoms with Crippen LogP contribution in [0.2, 0.25) is 0 Å². The molecule has 5 aromatic rings. The first-order chi connectivity index (χ1) is 24.3. The van der Waals surface area contributed by atoms with Crippen molar-refractivity contribution in [3.05, 3.63) is 144 Å². The van der Waals surface area contributed by atoms with Crippen LogP contribution in [0.4, 0.5) is 5.69 Å². The van der Waals surface area contributed by atoms with Gasteiger partial charge in [-0.25, -0.2) is 0 Å². The number of aromatic nitrogens is 1. The third kappa shape index (κ3) is 4.92. The highest BCUT2D eigenvalue weighted by atomic mass is 16.3. The summed E-state index contributed by atoms with van der Waals surface area (Å²) >= 11 is 0. The number of benzene rings is 3. The van der Waals surface area contributed by atoms with Crippen molar-refractivity contribution in [2.75, 3.05) is 4.90 Å². The first-order valence-electron chi connectivity index (χ1n) is 18.7. The summed E-state index contributed by atoms with van der Waals surface area (Å²) in [6.45, 7) is 0. The molecule has 0 radical (unpaired) electrons. The van der Waals surface area contributed by atoms with E-state index in [0.717, 1.165) is 30.6 Å². The second-order valence-corrected chi connectivity index (χ2v) is 14.9. The minimum atomic E-state index is 0.161. The van der Waals surface area contributed by atoms with Gasteiger partial charge in [0.25, 0.3) is 0 Å². The van der Waals surface area contributed by atoms with E-state index in [1.165, 1.54) is 94.6 Å². The summed E-state index contributed by atoms with van der Waals surface area (Å²) in [7, 11) is 0. The average Bonchev–Trinajstić information content (AvgIpc) is 3.71. The van der Waals surface area contributed by atoms with Gasteiger partial charge in [-0.15, -0.1) is 0 Å². The number of allylic oxidation sites excluding steroid dienone is 10. The molecule has 0 saturated heterocycles. The topological polar surface area (TPSA) is 21.3 Å². The number of hydrogen-bond acceptors (Lipinski definition) is 2. The first kappa shape index (κ1) is 29.2. The summed E-state index contributed by atoms with van der Waals surface area (Å²) < 4.78 is 9.08. The van der Waals surface area contributed by atoms with Crippen molar-refractivity contribution in [2.45, 2.75) is 82.2 Å². The molecule has 0 amide bonds. The van der Waals surface area contributed by atoms with Crippen molar-refractivity contribution in [3.8, 4) is 0 Å². The third-order valence-corrected chi connectivity index (χ3v) is 12.0. The zero-order valence-electron chi connectivity index (χ0n) is 28.2. The van der Waals surface area contributed by atoms with Gasteiger partial charge in [0, 0.05) is 50.1 Å². The van der Waals surface area contributed by atoms with Gasteiger partial charge in [-0.05, 0) is 118 Å². The molecule has 5 aliphatic carbocycles. The maximum Gasteiger partial charge on any atom is 0.135 e. The molecule has 0 spiro atoms. The predicted octanol–water partition coefficient (Wildman–Crippen LogP) is 12.8. The summed E-state index contributed by atoms with van der Waals surface area (Å²) in [5.74, 6) is 2.16. The maximum absolute atomic E-state index is 6.48. The quantitative estimate of drug-likeness (QED) is 0.178. The summed E-state index contributed by atoms with van der Waals surface area (Å²) in [6.07, 6.45) is 35.4. The number of rotatable bonds is 5. The van der Waals surface area contributed by atoms with Gasteiger partial charge < -0.3 is 13.9 Å². The number of furan rings is 1. The molecule has 0 bridgehead atoms. The lowest BCUT2D eigenvalue weighted by Crippen LogP contribution is -2.31. The van der Waals surface area contributed by atoms with Crippen LogP contribution in [0.1, 0.15) is 99.1 Å². The van der Waals surface area contributed by atoms with E-state index in [1.54, 1.807) is 5.57 Å². The van der Waals surface area contributed by atoms with Crippen molar-refractivity contribution >= 4 is 44.5 Å². The Labute approximate surface area is 289 Å². The highest BCUT2D eigenvalue weighted by Gasteiger charge is 2.34. The molecule has 3 heteroatoms. The lowest BCUT2D eigenvalue weighted by atomic mass is 9.78. The second-order valence-electron chi connectivity index (χ2n) is 14.9. The molecule has 1 fully saturated rings. The van der Waals surface area contributed by atoms with Gasteiger partial charge in [-0.2, -0.15) is 0 Å². The van der Waals surface area contributed by atoms with E-state index in [1.807, 2.05) is 0 Å². The highest BCUT2D eigenvalue weighted by molar-refractivity contribution is 6.10. The van der Waals surface area contributed by atoms with Crippen molar-refractivity contribution < 1.29 is 4.42 Å². The van der Waals surface area contributed by atoms with Crippen LogP contribution in [0, 0.1) is 5.92 Å². The van der Waals surface area contributed by atoms with Gasteiger partial charge in [0.2, 0.25) is 0 Å². The molecule has 4 unspecified atom stereocenters. The van der Waals surface area contributed by atoms with Crippen LogP contribution >= 0.6 is 0 Å². The van der Waals surface area contributed by atoms with Gasteiger partial charge in [-0.3, -0.25) is 0 Å². The number of para-hydroxylation sites is 1.